The second-order valence-corrected chi connectivity index (χ2v) is 8.38. The molecule has 0 spiro atoms. The van der Waals surface area contributed by atoms with E-state index in [4.69, 9.17) is 0 Å². The van der Waals surface area contributed by atoms with Gasteiger partial charge in [-0.05, 0) is 31.2 Å². The molecule has 1 aliphatic rings. The van der Waals surface area contributed by atoms with E-state index in [-0.39, 0.29) is 0 Å². The van der Waals surface area contributed by atoms with Gasteiger partial charge in [0.2, 0.25) is 10.0 Å². The van der Waals surface area contributed by atoms with E-state index in [2.05, 4.69) is 46.8 Å². The van der Waals surface area contributed by atoms with Gasteiger partial charge in [-0.25, -0.2) is 12.7 Å². The number of sulfonamides is 1. The molecule has 1 aliphatic heterocycles. The maximum atomic E-state index is 11.5. The average Bonchev–Trinajstić information content (AvgIpc) is 2.55. The van der Waals surface area contributed by atoms with Crippen molar-refractivity contribution in [3.05, 3.63) is 35.4 Å². The molecule has 6 nitrogen and oxygen atoms in total. The zero-order chi connectivity index (χ0) is 17.6. The van der Waals surface area contributed by atoms with Crippen LogP contribution in [0.5, 0.6) is 0 Å². The molecule has 1 saturated heterocycles. The summed E-state index contributed by atoms with van der Waals surface area (Å²) in [7, 11) is -1.29. The summed E-state index contributed by atoms with van der Waals surface area (Å²) in [5.74, 6) is 1.25. The van der Waals surface area contributed by atoms with Gasteiger partial charge in [0.1, 0.15) is 0 Å². The number of benzene rings is 1. The molecular formula is C17H28N4O2S. The van der Waals surface area contributed by atoms with Crippen LogP contribution in [0.1, 0.15) is 24.0 Å². The molecule has 2 N–H and O–H groups in total. The fourth-order valence-corrected chi connectivity index (χ4v) is 3.79. The number of hydrogen-bond acceptors (Lipinski definition) is 3. The Balaban J connectivity index is 1.74. The largest absolute Gasteiger partial charge is 0.356 e. The molecule has 24 heavy (non-hydrogen) atoms. The van der Waals surface area contributed by atoms with Crippen molar-refractivity contribution in [2.75, 3.05) is 32.9 Å². The molecule has 0 aromatic heterocycles. The second kappa shape index (κ2) is 8.48. The summed E-state index contributed by atoms with van der Waals surface area (Å²) < 4.78 is 24.6. The van der Waals surface area contributed by atoms with E-state index in [0.717, 1.165) is 31.9 Å². The number of piperidine rings is 1. The van der Waals surface area contributed by atoms with E-state index >= 15 is 0 Å². The lowest BCUT2D eigenvalue weighted by atomic mass is 9.98. The van der Waals surface area contributed by atoms with Gasteiger partial charge in [0.25, 0.3) is 0 Å². The highest BCUT2D eigenvalue weighted by atomic mass is 32.2. The zero-order valence-corrected chi connectivity index (χ0v) is 15.6. The van der Waals surface area contributed by atoms with Gasteiger partial charge >= 0.3 is 0 Å². The van der Waals surface area contributed by atoms with Crippen LogP contribution in [-0.4, -0.2) is 51.6 Å². The smallest absolute Gasteiger partial charge is 0.211 e. The molecule has 1 heterocycles. The maximum Gasteiger partial charge on any atom is 0.211 e. The van der Waals surface area contributed by atoms with Crippen LogP contribution in [0.3, 0.4) is 0 Å². The number of hydrogen-bond donors (Lipinski definition) is 2. The Hall–Kier alpha value is -1.60. The van der Waals surface area contributed by atoms with Crippen molar-refractivity contribution in [2.45, 2.75) is 26.3 Å². The minimum atomic E-state index is -3.05. The van der Waals surface area contributed by atoms with Crippen molar-refractivity contribution < 1.29 is 8.42 Å². The molecular weight excluding hydrogens is 324 g/mol. The third kappa shape index (κ3) is 5.79. The number of rotatable bonds is 5. The van der Waals surface area contributed by atoms with Crippen LogP contribution < -0.4 is 10.6 Å². The van der Waals surface area contributed by atoms with Gasteiger partial charge in [0, 0.05) is 33.2 Å². The molecule has 1 aromatic rings. The van der Waals surface area contributed by atoms with Gasteiger partial charge in [-0.1, -0.05) is 29.8 Å². The first-order valence-electron chi connectivity index (χ1n) is 8.33. The standard InChI is InChI=1S/C17H28N4O2S/c1-14-5-4-6-16(11-14)13-20-17(18-2)19-12-15-7-9-21(10-8-15)24(3,22)23/h4-6,11,15H,7-10,12-13H2,1-3H3,(H2,18,19,20). The minimum absolute atomic E-state index is 0.473. The Bertz CT molecular complexity index is 665. The molecule has 0 unspecified atom stereocenters. The van der Waals surface area contributed by atoms with Crippen molar-refractivity contribution in [3.63, 3.8) is 0 Å². The molecule has 7 heteroatoms. The molecule has 2 rings (SSSR count). The summed E-state index contributed by atoms with van der Waals surface area (Å²) in [6, 6.07) is 8.38. The maximum absolute atomic E-state index is 11.5. The molecule has 1 fully saturated rings. The molecule has 0 atom stereocenters. The highest BCUT2D eigenvalue weighted by Crippen LogP contribution is 2.18. The normalized spacial score (nSPS) is 17.7. The fraction of sp³-hybridized carbons (Fsp3) is 0.588. The van der Waals surface area contributed by atoms with Crippen LogP contribution in [0.15, 0.2) is 29.3 Å². The van der Waals surface area contributed by atoms with E-state index < -0.39 is 10.0 Å². The average molecular weight is 353 g/mol. The van der Waals surface area contributed by atoms with Gasteiger partial charge in [-0.2, -0.15) is 0 Å². The molecule has 0 bridgehead atoms. The van der Waals surface area contributed by atoms with Gasteiger partial charge in [0.05, 0.1) is 6.26 Å². The SMILES string of the molecule is CN=C(NCc1cccc(C)c1)NCC1CCN(S(C)(=O)=O)CC1. The fourth-order valence-electron chi connectivity index (χ4n) is 2.91. The van der Waals surface area contributed by atoms with Crippen molar-refractivity contribution in [3.8, 4) is 0 Å². The second-order valence-electron chi connectivity index (χ2n) is 6.40. The van der Waals surface area contributed by atoms with Crippen LogP contribution in [0.4, 0.5) is 0 Å². The summed E-state index contributed by atoms with van der Waals surface area (Å²) in [5.41, 5.74) is 2.47. The van der Waals surface area contributed by atoms with E-state index in [9.17, 15) is 8.42 Å². The highest BCUT2D eigenvalue weighted by Gasteiger charge is 2.24. The lowest BCUT2D eigenvalue weighted by Gasteiger charge is -2.30. The molecule has 134 valence electrons. The van der Waals surface area contributed by atoms with Crippen LogP contribution in [-0.2, 0) is 16.6 Å². The molecule has 0 amide bonds. The quantitative estimate of drug-likeness (QED) is 0.619. The minimum Gasteiger partial charge on any atom is -0.356 e. The van der Waals surface area contributed by atoms with Gasteiger partial charge in [-0.15, -0.1) is 0 Å². The Morgan fingerprint density at radius 2 is 2.00 bits per heavy atom. The number of guanidine groups is 1. The van der Waals surface area contributed by atoms with Gasteiger partial charge < -0.3 is 10.6 Å². The lowest BCUT2D eigenvalue weighted by Crippen LogP contribution is -2.43. The van der Waals surface area contributed by atoms with E-state index in [1.165, 1.54) is 17.4 Å². The van der Waals surface area contributed by atoms with Crippen molar-refractivity contribution in [1.82, 2.24) is 14.9 Å². The lowest BCUT2D eigenvalue weighted by molar-refractivity contribution is 0.275. The van der Waals surface area contributed by atoms with Gasteiger partial charge in [-0.3, -0.25) is 4.99 Å². The number of nitrogens with zero attached hydrogens (tertiary/aromatic N) is 2. The number of aliphatic imine (C=N–C) groups is 1. The van der Waals surface area contributed by atoms with Crippen LogP contribution in [0.25, 0.3) is 0 Å². The Morgan fingerprint density at radius 1 is 1.29 bits per heavy atom. The summed E-state index contributed by atoms with van der Waals surface area (Å²) in [4.78, 5) is 4.25. The first-order chi connectivity index (χ1) is 11.4. The summed E-state index contributed by atoms with van der Waals surface area (Å²) in [5, 5.41) is 6.67. The topological polar surface area (TPSA) is 73.8 Å². The Labute approximate surface area is 145 Å². The van der Waals surface area contributed by atoms with E-state index in [1.807, 2.05) is 0 Å². The van der Waals surface area contributed by atoms with E-state index in [1.54, 1.807) is 11.4 Å². The van der Waals surface area contributed by atoms with Gasteiger partial charge in [0.15, 0.2) is 5.96 Å². The summed E-state index contributed by atoms with van der Waals surface area (Å²) in [6.07, 6.45) is 3.05. The van der Waals surface area contributed by atoms with E-state index in [0.29, 0.717) is 19.0 Å². The zero-order valence-electron chi connectivity index (χ0n) is 14.7. The third-order valence-electron chi connectivity index (χ3n) is 4.37. The summed E-state index contributed by atoms with van der Waals surface area (Å²) >= 11 is 0. The first kappa shape index (κ1) is 18.7. The van der Waals surface area contributed by atoms with Crippen molar-refractivity contribution >= 4 is 16.0 Å². The monoisotopic (exact) mass is 352 g/mol. The highest BCUT2D eigenvalue weighted by molar-refractivity contribution is 7.88. The van der Waals surface area contributed by atoms with Crippen LogP contribution in [0.2, 0.25) is 0 Å². The third-order valence-corrected chi connectivity index (χ3v) is 5.67. The van der Waals surface area contributed by atoms with Crippen LogP contribution >= 0.6 is 0 Å². The Morgan fingerprint density at radius 3 is 2.58 bits per heavy atom. The predicted octanol–water partition coefficient (Wildman–Crippen LogP) is 1.33. The van der Waals surface area contributed by atoms with Crippen molar-refractivity contribution in [1.29, 1.82) is 0 Å². The van der Waals surface area contributed by atoms with Crippen molar-refractivity contribution in [2.24, 2.45) is 10.9 Å². The molecule has 0 aliphatic carbocycles. The number of aryl methyl sites for hydroxylation is 1. The Kier molecular flexibility index (Phi) is 6.62. The molecule has 0 radical (unpaired) electrons. The molecule has 0 saturated carbocycles. The number of nitrogens with one attached hydrogen (secondary N) is 2. The molecule has 1 aromatic carbocycles. The summed E-state index contributed by atoms with van der Waals surface area (Å²) in [6.45, 7) is 4.85. The van der Waals surface area contributed by atoms with Crippen LogP contribution in [0, 0.1) is 12.8 Å². The predicted molar refractivity (Wildman–Crippen MR) is 98.5 cm³/mol. The first-order valence-corrected chi connectivity index (χ1v) is 10.2.